The van der Waals surface area contributed by atoms with Crippen LogP contribution < -0.4 is 0 Å². The highest BCUT2D eigenvalue weighted by molar-refractivity contribution is 7.79. The van der Waals surface area contributed by atoms with Crippen LogP contribution in [-0.2, 0) is 11.1 Å². The number of alkyl halides is 1. The molecule has 0 saturated heterocycles. The molecule has 1 unspecified atom stereocenters. The molecule has 0 aromatic carbocycles. The molecule has 0 amide bonds. The predicted octanol–water partition coefficient (Wildman–Crippen LogP) is 1.88. The molecule has 1 aliphatic rings. The van der Waals surface area contributed by atoms with E-state index in [0.717, 1.165) is 19.3 Å². The molecular formula is C7H13FO2S. The molecule has 1 fully saturated rings. The summed E-state index contributed by atoms with van der Waals surface area (Å²) in [4.78, 5) is 0. The Labute approximate surface area is 68.5 Å². The fourth-order valence-corrected chi connectivity index (χ4v) is 2.28. The van der Waals surface area contributed by atoms with Gasteiger partial charge in [-0.3, -0.25) is 0 Å². The minimum atomic E-state index is -1.98. The van der Waals surface area contributed by atoms with Gasteiger partial charge in [0, 0.05) is 0 Å². The van der Waals surface area contributed by atoms with Crippen LogP contribution in [0.25, 0.3) is 0 Å². The molecule has 0 aromatic heterocycles. The molecule has 0 aliphatic heterocycles. The van der Waals surface area contributed by atoms with Crippen molar-refractivity contribution in [3.63, 3.8) is 0 Å². The van der Waals surface area contributed by atoms with Crippen molar-refractivity contribution in [2.75, 3.05) is 5.75 Å². The number of hydrogen-bond donors (Lipinski definition) is 1. The van der Waals surface area contributed by atoms with Crippen LogP contribution in [0.1, 0.15) is 32.1 Å². The Morgan fingerprint density at radius 2 is 1.91 bits per heavy atom. The zero-order valence-electron chi connectivity index (χ0n) is 6.38. The molecule has 1 aliphatic carbocycles. The molecule has 4 heteroatoms. The minimum Gasteiger partial charge on any atom is -0.306 e. The first-order valence-corrected chi connectivity index (χ1v) is 5.16. The molecular weight excluding hydrogens is 167 g/mol. The van der Waals surface area contributed by atoms with Crippen LogP contribution in [0.4, 0.5) is 4.39 Å². The van der Waals surface area contributed by atoms with E-state index in [1.807, 2.05) is 0 Å². The summed E-state index contributed by atoms with van der Waals surface area (Å²) < 4.78 is 32.3. The second kappa shape index (κ2) is 3.63. The first-order chi connectivity index (χ1) is 5.12. The van der Waals surface area contributed by atoms with Gasteiger partial charge in [-0.05, 0) is 12.8 Å². The molecule has 0 aromatic rings. The second-order valence-corrected chi connectivity index (χ2v) is 4.11. The van der Waals surface area contributed by atoms with Gasteiger partial charge >= 0.3 is 0 Å². The second-order valence-electron chi connectivity index (χ2n) is 3.18. The summed E-state index contributed by atoms with van der Waals surface area (Å²) in [7, 11) is 0. The Bertz CT molecular complexity index is 155. The van der Waals surface area contributed by atoms with Crippen molar-refractivity contribution in [3.8, 4) is 0 Å². The van der Waals surface area contributed by atoms with Crippen molar-refractivity contribution in [2.24, 2.45) is 0 Å². The Hall–Kier alpha value is 0.0400. The first-order valence-electron chi connectivity index (χ1n) is 3.89. The molecule has 1 atom stereocenters. The van der Waals surface area contributed by atoms with Gasteiger partial charge in [0.05, 0.1) is 5.75 Å². The quantitative estimate of drug-likeness (QED) is 0.659. The standard InChI is InChI=1S/C7H13FO2S/c8-7(6-11(9)10)4-2-1-3-5-7/h1-6H2,(H,9,10). The van der Waals surface area contributed by atoms with Crippen LogP contribution in [0.15, 0.2) is 0 Å². The van der Waals surface area contributed by atoms with Gasteiger partial charge in [0.25, 0.3) is 0 Å². The van der Waals surface area contributed by atoms with Gasteiger partial charge in [0.15, 0.2) is 11.1 Å². The zero-order valence-corrected chi connectivity index (χ0v) is 7.20. The van der Waals surface area contributed by atoms with Crippen molar-refractivity contribution < 1.29 is 13.2 Å². The Morgan fingerprint density at radius 1 is 1.36 bits per heavy atom. The number of rotatable bonds is 2. The lowest BCUT2D eigenvalue weighted by molar-refractivity contribution is 0.132. The van der Waals surface area contributed by atoms with E-state index in [0.29, 0.717) is 12.8 Å². The third-order valence-corrected chi connectivity index (χ3v) is 2.90. The number of halogens is 1. The van der Waals surface area contributed by atoms with E-state index in [4.69, 9.17) is 4.55 Å². The SMILES string of the molecule is O=S(O)CC1(F)CCCCC1. The summed E-state index contributed by atoms with van der Waals surface area (Å²) in [6.07, 6.45) is 3.68. The van der Waals surface area contributed by atoms with Gasteiger partial charge < -0.3 is 4.55 Å². The molecule has 1 N–H and O–H groups in total. The fraction of sp³-hybridized carbons (Fsp3) is 1.00. The third kappa shape index (κ3) is 2.87. The normalized spacial score (nSPS) is 26.4. The molecule has 66 valence electrons. The lowest BCUT2D eigenvalue weighted by Gasteiger charge is -2.27. The van der Waals surface area contributed by atoms with Crippen molar-refractivity contribution in [2.45, 2.75) is 37.8 Å². The summed E-state index contributed by atoms with van der Waals surface area (Å²) in [5.74, 6) is -0.201. The van der Waals surface area contributed by atoms with E-state index in [9.17, 15) is 8.60 Å². The summed E-state index contributed by atoms with van der Waals surface area (Å²) in [5, 5.41) is 0. The van der Waals surface area contributed by atoms with Crippen LogP contribution in [0.2, 0.25) is 0 Å². The van der Waals surface area contributed by atoms with E-state index in [-0.39, 0.29) is 5.75 Å². The van der Waals surface area contributed by atoms with E-state index >= 15 is 0 Å². The van der Waals surface area contributed by atoms with Crippen molar-refractivity contribution in [1.82, 2.24) is 0 Å². The van der Waals surface area contributed by atoms with E-state index < -0.39 is 16.7 Å². The molecule has 11 heavy (non-hydrogen) atoms. The average Bonchev–Trinajstić information content (AvgIpc) is 1.85. The smallest absolute Gasteiger partial charge is 0.156 e. The third-order valence-electron chi connectivity index (χ3n) is 2.13. The molecule has 1 rings (SSSR count). The van der Waals surface area contributed by atoms with Gasteiger partial charge in [0.2, 0.25) is 0 Å². The van der Waals surface area contributed by atoms with E-state index in [2.05, 4.69) is 0 Å². The maximum absolute atomic E-state index is 13.5. The summed E-state index contributed by atoms with van der Waals surface area (Å²) >= 11 is -1.98. The Morgan fingerprint density at radius 3 is 2.36 bits per heavy atom. The fourth-order valence-electron chi connectivity index (χ4n) is 1.55. The highest BCUT2D eigenvalue weighted by Gasteiger charge is 2.33. The van der Waals surface area contributed by atoms with Crippen molar-refractivity contribution in [3.05, 3.63) is 0 Å². The maximum atomic E-state index is 13.5. The molecule has 2 nitrogen and oxygen atoms in total. The number of hydrogen-bond acceptors (Lipinski definition) is 1. The minimum absolute atomic E-state index is 0.201. The lowest BCUT2D eigenvalue weighted by atomic mass is 9.88. The Kier molecular flexibility index (Phi) is 3.01. The van der Waals surface area contributed by atoms with Gasteiger partial charge in [-0.2, -0.15) is 0 Å². The van der Waals surface area contributed by atoms with Crippen LogP contribution in [0.5, 0.6) is 0 Å². The predicted molar refractivity (Wildman–Crippen MR) is 42.6 cm³/mol. The van der Waals surface area contributed by atoms with E-state index in [1.54, 1.807) is 0 Å². The molecule has 1 saturated carbocycles. The van der Waals surface area contributed by atoms with Crippen molar-refractivity contribution >= 4 is 11.1 Å². The monoisotopic (exact) mass is 180 g/mol. The van der Waals surface area contributed by atoms with Crippen LogP contribution in [0, 0.1) is 0 Å². The van der Waals surface area contributed by atoms with Gasteiger partial charge in [0.1, 0.15) is 5.67 Å². The molecule has 0 radical (unpaired) electrons. The summed E-state index contributed by atoms with van der Waals surface area (Å²) in [6.45, 7) is 0. The molecule has 0 bridgehead atoms. The zero-order chi connectivity index (χ0) is 8.32. The summed E-state index contributed by atoms with van der Waals surface area (Å²) in [5.41, 5.74) is -1.35. The topological polar surface area (TPSA) is 37.3 Å². The lowest BCUT2D eigenvalue weighted by Crippen LogP contribution is -2.32. The highest BCUT2D eigenvalue weighted by Crippen LogP contribution is 2.32. The molecule has 0 spiro atoms. The van der Waals surface area contributed by atoms with Crippen LogP contribution in [0.3, 0.4) is 0 Å². The highest BCUT2D eigenvalue weighted by atomic mass is 32.2. The first kappa shape index (κ1) is 9.13. The van der Waals surface area contributed by atoms with E-state index in [1.165, 1.54) is 0 Å². The van der Waals surface area contributed by atoms with Crippen LogP contribution in [-0.4, -0.2) is 20.2 Å². The summed E-state index contributed by atoms with van der Waals surface area (Å²) in [6, 6.07) is 0. The largest absolute Gasteiger partial charge is 0.306 e. The van der Waals surface area contributed by atoms with Crippen molar-refractivity contribution in [1.29, 1.82) is 0 Å². The van der Waals surface area contributed by atoms with Crippen LogP contribution >= 0.6 is 0 Å². The Balaban J connectivity index is 2.43. The molecule has 0 heterocycles. The van der Waals surface area contributed by atoms with Gasteiger partial charge in [-0.25, -0.2) is 8.60 Å². The van der Waals surface area contributed by atoms with Gasteiger partial charge in [-0.15, -0.1) is 0 Å². The van der Waals surface area contributed by atoms with Gasteiger partial charge in [-0.1, -0.05) is 19.3 Å². The maximum Gasteiger partial charge on any atom is 0.156 e. The average molecular weight is 180 g/mol.